The molecule has 0 aliphatic rings. The second kappa shape index (κ2) is 5.55. The molecule has 0 amide bonds. The van der Waals surface area contributed by atoms with E-state index in [4.69, 9.17) is 0 Å². The Kier molecular flexibility index (Phi) is 4.33. The van der Waals surface area contributed by atoms with Crippen LogP contribution in [0.25, 0.3) is 0 Å². The zero-order chi connectivity index (χ0) is 10.4. The van der Waals surface area contributed by atoms with Crippen molar-refractivity contribution in [3.05, 3.63) is 35.9 Å². The number of likely N-dealkylation sites (N-methyl/N-ethyl adjacent to an activating group) is 1. The molecule has 0 bridgehead atoms. The van der Waals surface area contributed by atoms with Crippen LogP contribution >= 0.6 is 0 Å². The smallest absolute Gasteiger partial charge is 0.179 e. The third kappa shape index (κ3) is 2.67. The van der Waals surface area contributed by atoms with Gasteiger partial charge >= 0.3 is 0 Å². The second-order valence-electron chi connectivity index (χ2n) is 3.36. The highest BCUT2D eigenvalue weighted by Crippen LogP contribution is 2.07. The fourth-order valence-corrected chi connectivity index (χ4v) is 1.50. The van der Waals surface area contributed by atoms with Gasteiger partial charge in [-0.2, -0.15) is 0 Å². The van der Waals surface area contributed by atoms with Crippen LogP contribution in [0.1, 0.15) is 30.1 Å². The fraction of sp³-hybridized carbons (Fsp3) is 0.417. The van der Waals surface area contributed by atoms with Crippen molar-refractivity contribution in [1.82, 2.24) is 5.32 Å². The molecule has 0 saturated carbocycles. The van der Waals surface area contributed by atoms with Crippen LogP contribution in [-0.2, 0) is 0 Å². The minimum atomic E-state index is -0.0394. The molecule has 76 valence electrons. The third-order valence-electron chi connectivity index (χ3n) is 2.30. The van der Waals surface area contributed by atoms with Gasteiger partial charge in [-0.05, 0) is 13.5 Å². The molecule has 0 unspecified atom stereocenters. The summed E-state index contributed by atoms with van der Waals surface area (Å²) >= 11 is 0. The average Bonchev–Trinajstić information content (AvgIpc) is 2.26. The summed E-state index contributed by atoms with van der Waals surface area (Å²) in [5.41, 5.74) is 0.792. The lowest BCUT2D eigenvalue weighted by Gasteiger charge is -2.13. The highest BCUT2D eigenvalue weighted by atomic mass is 16.1. The SMILES string of the molecule is CCC[C@H](NC)C(=O)c1ccccc1. The van der Waals surface area contributed by atoms with Crippen LogP contribution in [0, 0.1) is 0 Å². The molecule has 0 aliphatic heterocycles. The molecule has 2 heteroatoms. The Morgan fingerprint density at radius 3 is 2.50 bits per heavy atom. The summed E-state index contributed by atoms with van der Waals surface area (Å²) in [5.74, 6) is 0.190. The van der Waals surface area contributed by atoms with E-state index < -0.39 is 0 Å². The zero-order valence-corrected chi connectivity index (χ0v) is 8.79. The van der Waals surface area contributed by atoms with E-state index in [1.54, 1.807) is 0 Å². The molecule has 1 aromatic carbocycles. The highest BCUT2D eigenvalue weighted by molar-refractivity contribution is 6.00. The summed E-state index contributed by atoms with van der Waals surface area (Å²) in [5, 5.41) is 3.05. The van der Waals surface area contributed by atoms with E-state index in [1.165, 1.54) is 0 Å². The van der Waals surface area contributed by atoms with E-state index in [1.807, 2.05) is 37.4 Å². The molecule has 0 spiro atoms. The Morgan fingerprint density at radius 1 is 1.36 bits per heavy atom. The van der Waals surface area contributed by atoms with Crippen LogP contribution < -0.4 is 5.32 Å². The maximum absolute atomic E-state index is 11.9. The number of hydrogen-bond acceptors (Lipinski definition) is 2. The topological polar surface area (TPSA) is 29.1 Å². The molecule has 0 saturated heterocycles. The monoisotopic (exact) mass is 191 g/mol. The third-order valence-corrected chi connectivity index (χ3v) is 2.30. The lowest BCUT2D eigenvalue weighted by molar-refractivity contribution is 0.0942. The van der Waals surface area contributed by atoms with E-state index >= 15 is 0 Å². The van der Waals surface area contributed by atoms with Crippen molar-refractivity contribution in [3.63, 3.8) is 0 Å². The highest BCUT2D eigenvalue weighted by Gasteiger charge is 2.16. The molecular formula is C12H17NO. The summed E-state index contributed by atoms with van der Waals surface area (Å²) in [4.78, 5) is 11.9. The quantitative estimate of drug-likeness (QED) is 0.723. The van der Waals surface area contributed by atoms with Gasteiger partial charge in [0.2, 0.25) is 0 Å². The van der Waals surface area contributed by atoms with Gasteiger partial charge in [0.05, 0.1) is 6.04 Å². The maximum Gasteiger partial charge on any atom is 0.179 e. The van der Waals surface area contributed by atoms with Crippen molar-refractivity contribution in [3.8, 4) is 0 Å². The number of ketones is 1. The lowest BCUT2D eigenvalue weighted by Crippen LogP contribution is -2.33. The van der Waals surface area contributed by atoms with Gasteiger partial charge in [-0.15, -0.1) is 0 Å². The van der Waals surface area contributed by atoms with Gasteiger partial charge in [-0.25, -0.2) is 0 Å². The standard InChI is InChI=1S/C12H17NO/c1-3-7-11(13-2)12(14)10-8-5-4-6-9-10/h4-6,8-9,11,13H,3,7H2,1-2H3/t11-/m0/s1. The van der Waals surface area contributed by atoms with Gasteiger partial charge in [0, 0.05) is 5.56 Å². The van der Waals surface area contributed by atoms with Crippen LogP contribution in [0.3, 0.4) is 0 Å². The van der Waals surface area contributed by atoms with Gasteiger partial charge in [-0.3, -0.25) is 4.79 Å². The normalized spacial score (nSPS) is 12.4. The molecule has 0 aromatic heterocycles. The number of rotatable bonds is 5. The molecule has 0 fully saturated rings. The van der Waals surface area contributed by atoms with Crippen LogP contribution in [0.4, 0.5) is 0 Å². The van der Waals surface area contributed by atoms with E-state index in [0.29, 0.717) is 0 Å². The summed E-state index contributed by atoms with van der Waals surface area (Å²) in [6, 6.07) is 9.40. The van der Waals surface area contributed by atoms with Gasteiger partial charge in [0.15, 0.2) is 5.78 Å². The first-order chi connectivity index (χ1) is 6.79. The van der Waals surface area contributed by atoms with Gasteiger partial charge < -0.3 is 5.32 Å². The largest absolute Gasteiger partial charge is 0.310 e. The van der Waals surface area contributed by atoms with Crippen LogP contribution in [0.2, 0.25) is 0 Å². The zero-order valence-electron chi connectivity index (χ0n) is 8.79. The molecule has 14 heavy (non-hydrogen) atoms. The van der Waals surface area contributed by atoms with Crippen molar-refractivity contribution in [1.29, 1.82) is 0 Å². The summed E-state index contributed by atoms with van der Waals surface area (Å²) in [6.45, 7) is 2.09. The average molecular weight is 191 g/mol. The van der Waals surface area contributed by atoms with Crippen LogP contribution in [0.15, 0.2) is 30.3 Å². The first-order valence-electron chi connectivity index (χ1n) is 5.06. The van der Waals surface area contributed by atoms with Crippen molar-refractivity contribution in [2.75, 3.05) is 7.05 Å². The van der Waals surface area contributed by atoms with Crippen molar-refractivity contribution < 1.29 is 4.79 Å². The summed E-state index contributed by atoms with van der Waals surface area (Å²) in [6.07, 6.45) is 1.91. The predicted octanol–water partition coefficient (Wildman–Crippen LogP) is 2.26. The Bertz CT molecular complexity index is 282. The summed E-state index contributed by atoms with van der Waals surface area (Å²) < 4.78 is 0. The van der Waals surface area contributed by atoms with Gasteiger partial charge in [0.1, 0.15) is 0 Å². The second-order valence-corrected chi connectivity index (χ2v) is 3.36. The minimum Gasteiger partial charge on any atom is -0.310 e. The Balaban J connectivity index is 2.73. The van der Waals surface area contributed by atoms with Crippen molar-refractivity contribution in [2.45, 2.75) is 25.8 Å². The molecular weight excluding hydrogens is 174 g/mol. The molecule has 1 atom stereocenters. The van der Waals surface area contributed by atoms with Crippen LogP contribution in [0.5, 0.6) is 0 Å². The van der Waals surface area contributed by atoms with Gasteiger partial charge in [-0.1, -0.05) is 43.7 Å². The Hall–Kier alpha value is -1.15. The van der Waals surface area contributed by atoms with Gasteiger partial charge in [0.25, 0.3) is 0 Å². The Labute approximate surface area is 85.3 Å². The lowest BCUT2D eigenvalue weighted by atomic mass is 10.0. The first kappa shape index (κ1) is 10.9. The van der Waals surface area contributed by atoms with E-state index in [-0.39, 0.29) is 11.8 Å². The maximum atomic E-state index is 11.9. The molecule has 0 heterocycles. The number of nitrogens with one attached hydrogen (secondary N) is 1. The van der Waals surface area contributed by atoms with Crippen LogP contribution in [-0.4, -0.2) is 18.9 Å². The molecule has 0 aliphatic carbocycles. The first-order valence-corrected chi connectivity index (χ1v) is 5.06. The number of Topliss-reactive ketones (excluding diaryl/α,β-unsaturated/α-hetero) is 1. The van der Waals surface area contributed by atoms with E-state index in [9.17, 15) is 4.79 Å². The summed E-state index contributed by atoms with van der Waals surface area (Å²) in [7, 11) is 1.83. The number of carbonyl (C=O) groups excluding carboxylic acids is 1. The predicted molar refractivity (Wildman–Crippen MR) is 58.5 cm³/mol. The molecule has 0 radical (unpaired) electrons. The molecule has 1 rings (SSSR count). The Morgan fingerprint density at radius 2 is 2.00 bits per heavy atom. The molecule has 2 nitrogen and oxygen atoms in total. The number of carbonyl (C=O) groups is 1. The van der Waals surface area contributed by atoms with E-state index in [0.717, 1.165) is 18.4 Å². The number of hydrogen-bond donors (Lipinski definition) is 1. The fourth-order valence-electron chi connectivity index (χ4n) is 1.50. The molecule has 1 aromatic rings. The minimum absolute atomic E-state index is 0.0394. The van der Waals surface area contributed by atoms with Crippen molar-refractivity contribution in [2.24, 2.45) is 0 Å². The van der Waals surface area contributed by atoms with E-state index in [2.05, 4.69) is 12.2 Å². The van der Waals surface area contributed by atoms with Crippen molar-refractivity contribution >= 4 is 5.78 Å². The number of benzene rings is 1. The molecule has 1 N–H and O–H groups in total.